The minimum absolute atomic E-state index is 0.0127. The second kappa shape index (κ2) is 8.82. The molecule has 1 amide bonds. The number of alkyl halides is 3. The molecule has 3 rings (SSSR count). The lowest BCUT2D eigenvalue weighted by Crippen LogP contribution is -2.50. The average Bonchev–Trinajstić information content (AvgIpc) is 2.73. The molecule has 1 aromatic carbocycles. The molecule has 1 fully saturated rings. The Morgan fingerprint density at radius 2 is 1.76 bits per heavy atom. The lowest BCUT2D eigenvalue weighted by Gasteiger charge is -2.36. The van der Waals surface area contributed by atoms with E-state index in [0.29, 0.717) is 38.5 Å². The van der Waals surface area contributed by atoms with Crippen LogP contribution >= 0.6 is 0 Å². The van der Waals surface area contributed by atoms with Gasteiger partial charge < -0.3 is 9.80 Å². The number of carbonyl (C=O) groups is 1. The van der Waals surface area contributed by atoms with Gasteiger partial charge in [-0.05, 0) is 24.6 Å². The summed E-state index contributed by atoms with van der Waals surface area (Å²) in [6.45, 7) is 4.86. The molecule has 1 saturated heterocycles. The molecule has 1 aromatic heterocycles. The molecule has 0 saturated carbocycles. The predicted octanol–water partition coefficient (Wildman–Crippen LogP) is 3.44. The van der Waals surface area contributed by atoms with Crippen molar-refractivity contribution in [1.29, 1.82) is 0 Å². The van der Waals surface area contributed by atoms with Crippen LogP contribution in [0.25, 0.3) is 0 Å². The molecule has 0 spiro atoms. The number of halogens is 3. The number of nitrogens with zero attached hydrogens (tertiary/aromatic N) is 4. The first-order chi connectivity index (χ1) is 13.8. The third-order valence-corrected chi connectivity index (χ3v) is 5.39. The largest absolute Gasteiger partial charge is 0.417 e. The van der Waals surface area contributed by atoms with E-state index in [-0.39, 0.29) is 11.9 Å². The Kier molecular flexibility index (Phi) is 6.42. The first-order valence-electron chi connectivity index (χ1n) is 9.57. The fraction of sp³-hybridized carbons (Fsp3) is 0.429. The number of benzene rings is 1. The Hall–Kier alpha value is -2.61. The van der Waals surface area contributed by atoms with Crippen LogP contribution in [-0.4, -0.2) is 60.5 Å². The Morgan fingerprint density at radius 3 is 2.31 bits per heavy atom. The molecule has 8 heteroatoms. The molecule has 0 aliphatic carbocycles. The van der Waals surface area contributed by atoms with Gasteiger partial charge in [0.1, 0.15) is 5.82 Å². The van der Waals surface area contributed by atoms with Crippen molar-refractivity contribution >= 4 is 11.7 Å². The number of rotatable bonds is 5. The molecule has 5 nitrogen and oxygen atoms in total. The molecule has 156 valence electrons. The van der Waals surface area contributed by atoms with Gasteiger partial charge in [0, 0.05) is 39.4 Å². The second-order valence-corrected chi connectivity index (χ2v) is 7.26. The number of aromatic nitrogens is 1. The minimum atomic E-state index is -4.38. The highest BCUT2D eigenvalue weighted by atomic mass is 19.4. The molecule has 1 aliphatic heterocycles. The monoisotopic (exact) mass is 406 g/mol. The third-order valence-electron chi connectivity index (χ3n) is 5.39. The van der Waals surface area contributed by atoms with E-state index in [0.717, 1.165) is 17.8 Å². The highest BCUT2D eigenvalue weighted by Gasteiger charge is 2.31. The van der Waals surface area contributed by atoms with Gasteiger partial charge in [0.25, 0.3) is 0 Å². The lowest BCUT2D eigenvalue weighted by molar-refractivity contribution is -0.137. The summed E-state index contributed by atoms with van der Waals surface area (Å²) in [5.41, 5.74) is 0.336. The quantitative estimate of drug-likeness (QED) is 0.763. The molecule has 2 aromatic rings. The Morgan fingerprint density at radius 1 is 1.10 bits per heavy atom. The minimum Gasteiger partial charge on any atom is -0.354 e. The summed E-state index contributed by atoms with van der Waals surface area (Å²) in [6, 6.07) is 12.3. The summed E-state index contributed by atoms with van der Waals surface area (Å²) in [5, 5.41) is 0. The van der Waals surface area contributed by atoms with Crippen LogP contribution in [-0.2, 0) is 11.0 Å². The molecular formula is C21H25F3N4O. The Bertz CT molecular complexity index is 803. The van der Waals surface area contributed by atoms with Gasteiger partial charge >= 0.3 is 6.18 Å². The number of piperazine rings is 1. The number of carbonyl (C=O) groups excluding carboxylic acids is 1. The summed E-state index contributed by atoms with van der Waals surface area (Å²) in [7, 11) is 1.81. The van der Waals surface area contributed by atoms with Crippen molar-refractivity contribution in [2.24, 2.45) is 0 Å². The topological polar surface area (TPSA) is 39.7 Å². The van der Waals surface area contributed by atoms with Crippen LogP contribution in [0.2, 0.25) is 0 Å². The first kappa shape index (κ1) is 21.1. The van der Waals surface area contributed by atoms with Crippen molar-refractivity contribution < 1.29 is 18.0 Å². The SMILES string of the molecule is C[C@@H](c1ccccc1)N(C)C(=O)CN1CCN(c2ccc(C(F)(F)F)cn2)CC1. The van der Waals surface area contributed by atoms with E-state index in [1.165, 1.54) is 6.07 Å². The summed E-state index contributed by atoms with van der Waals surface area (Å²) in [4.78, 5) is 22.4. The second-order valence-electron chi connectivity index (χ2n) is 7.26. The van der Waals surface area contributed by atoms with Gasteiger partial charge in [-0.3, -0.25) is 9.69 Å². The zero-order valence-electron chi connectivity index (χ0n) is 16.6. The van der Waals surface area contributed by atoms with Gasteiger partial charge in [-0.15, -0.1) is 0 Å². The molecule has 0 unspecified atom stereocenters. The summed E-state index contributed by atoms with van der Waals surface area (Å²) in [6.07, 6.45) is -3.52. The van der Waals surface area contributed by atoms with Gasteiger partial charge in [-0.25, -0.2) is 4.98 Å². The molecule has 2 heterocycles. The van der Waals surface area contributed by atoms with Gasteiger partial charge in [0.2, 0.25) is 5.91 Å². The van der Waals surface area contributed by atoms with Gasteiger partial charge in [-0.2, -0.15) is 13.2 Å². The van der Waals surface area contributed by atoms with Crippen molar-refractivity contribution in [3.05, 3.63) is 59.8 Å². The third kappa shape index (κ3) is 5.26. The van der Waals surface area contributed by atoms with Crippen LogP contribution < -0.4 is 4.90 Å². The smallest absolute Gasteiger partial charge is 0.354 e. The lowest BCUT2D eigenvalue weighted by atomic mass is 10.1. The van der Waals surface area contributed by atoms with Crippen LogP contribution in [0.4, 0.5) is 19.0 Å². The van der Waals surface area contributed by atoms with Gasteiger partial charge in [-0.1, -0.05) is 30.3 Å². The molecule has 0 bridgehead atoms. The number of amides is 1. The molecule has 1 atom stereocenters. The number of pyridine rings is 1. The van der Waals surface area contributed by atoms with E-state index >= 15 is 0 Å². The maximum absolute atomic E-state index is 12.7. The van der Waals surface area contributed by atoms with Crippen LogP contribution in [0, 0.1) is 0 Å². The van der Waals surface area contributed by atoms with Crippen molar-refractivity contribution in [1.82, 2.24) is 14.8 Å². The van der Waals surface area contributed by atoms with Crippen molar-refractivity contribution in [3.63, 3.8) is 0 Å². The zero-order chi connectivity index (χ0) is 21.0. The molecule has 1 aliphatic rings. The van der Waals surface area contributed by atoms with Crippen molar-refractivity contribution in [2.45, 2.75) is 19.1 Å². The van der Waals surface area contributed by atoms with Crippen molar-refractivity contribution in [3.8, 4) is 0 Å². The van der Waals surface area contributed by atoms with Crippen LogP contribution in [0.15, 0.2) is 48.7 Å². The molecule has 0 radical (unpaired) electrons. The van der Waals surface area contributed by atoms with Crippen LogP contribution in [0.3, 0.4) is 0 Å². The highest BCUT2D eigenvalue weighted by molar-refractivity contribution is 5.78. The summed E-state index contributed by atoms with van der Waals surface area (Å²) < 4.78 is 38.0. The van der Waals surface area contributed by atoms with E-state index in [1.54, 1.807) is 4.90 Å². The molecule has 0 N–H and O–H groups in total. The summed E-state index contributed by atoms with van der Waals surface area (Å²) >= 11 is 0. The Balaban J connectivity index is 1.51. The molecular weight excluding hydrogens is 381 g/mol. The van der Waals surface area contributed by atoms with Crippen LogP contribution in [0.1, 0.15) is 24.1 Å². The summed E-state index contributed by atoms with van der Waals surface area (Å²) in [5.74, 6) is 0.571. The predicted molar refractivity (Wildman–Crippen MR) is 106 cm³/mol. The van der Waals surface area contributed by atoms with E-state index in [9.17, 15) is 18.0 Å². The fourth-order valence-electron chi connectivity index (χ4n) is 3.35. The van der Waals surface area contributed by atoms with E-state index < -0.39 is 11.7 Å². The maximum atomic E-state index is 12.7. The highest BCUT2D eigenvalue weighted by Crippen LogP contribution is 2.29. The van der Waals surface area contributed by atoms with Gasteiger partial charge in [0.05, 0.1) is 18.2 Å². The van der Waals surface area contributed by atoms with Gasteiger partial charge in [0.15, 0.2) is 0 Å². The van der Waals surface area contributed by atoms with Crippen molar-refractivity contribution in [2.75, 3.05) is 44.7 Å². The standard InChI is InChI=1S/C21H25F3N4O/c1-16(17-6-4-3-5-7-17)26(2)20(29)15-27-10-12-28(13-11-27)19-9-8-18(14-25-19)21(22,23)24/h3-9,14,16H,10-13,15H2,1-2H3/t16-/m0/s1. The average molecular weight is 406 g/mol. The van der Waals surface area contributed by atoms with E-state index in [4.69, 9.17) is 0 Å². The van der Waals surface area contributed by atoms with E-state index in [2.05, 4.69) is 9.88 Å². The first-order valence-corrected chi connectivity index (χ1v) is 9.57. The molecule has 29 heavy (non-hydrogen) atoms. The fourth-order valence-corrected chi connectivity index (χ4v) is 3.35. The van der Waals surface area contributed by atoms with Crippen LogP contribution in [0.5, 0.6) is 0 Å². The number of likely N-dealkylation sites (N-methyl/N-ethyl adjacent to an activating group) is 1. The number of hydrogen-bond acceptors (Lipinski definition) is 4. The Labute approximate surface area is 168 Å². The number of hydrogen-bond donors (Lipinski definition) is 0. The zero-order valence-corrected chi connectivity index (χ0v) is 16.6. The number of anilines is 1. The van der Waals surface area contributed by atoms with E-state index in [1.807, 2.05) is 49.2 Å². The maximum Gasteiger partial charge on any atom is 0.417 e. The normalized spacial score (nSPS) is 16.5.